The third kappa shape index (κ3) is 7.68. The monoisotopic (exact) mass is 542 g/mol. The van der Waals surface area contributed by atoms with Crippen molar-refractivity contribution in [1.82, 2.24) is 10.2 Å². The minimum Gasteiger partial charge on any atom is -0.484 e. The van der Waals surface area contributed by atoms with E-state index >= 15 is 0 Å². The fourth-order valence-corrected chi connectivity index (χ4v) is 3.71. The van der Waals surface area contributed by atoms with Gasteiger partial charge >= 0.3 is 0 Å². The largest absolute Gasteiger partial charge is 0.484 e. The van der Waals surface area contributed by atoms with Crippen molar-refractivity contribution in [3.8, 4) is 5.75 Å². The molecule has 2 rings (SSSR count). The van der Waals surface area contributed by atoms with E-state index in [4.69, 9.17) is 27.9 Å². The molecule has 1 atom stereocenters. The zero-order chi connectivity index (χ0) is 24.1. The van der Waals surface area contributed by atoms with Gasteiger partial charge in [0.05, 0.1) is 10.0 Å². The maximum absolute atomic E-state index is 13.2. The van der Waals surface area contributed by atoms with Crippen molar-refractivity contribution in [2.75, 3.05) is 6.61 Å². The zero-order valence-electron chi connectivity index (χ0n) is 19.0. The predicted octanol–water partition coefficient (Wildman–Crippen LogP) is 6.17. The Morgan fingerprint density at radius 1 is 1.12 bits per heavy atom. The smallest absolute Gasteiger partial charge is 0.261 e. The highest BCUT2D eigenvalue weighted by atomic mass is 79.9. The molecule has 2 aromatic carbocycles. The third-order valence-corrected chi connectivity index (χ3v) is 6.34. The quantitative estimate of drug-likeness (QED) is 0.433. The summed E-state index contributed by atoms with van der Waals surface area (Å²) >= 11 is 15.7. The van der Waals surface area contributed by atoms with E-state index in [0.29, 0.717) is 22.2 Å². The van der Waals surface area contributed by atoms with Crippen molar-refractivity contribution >= 4 is 50.9 Å². The number of benzene rings is 2. The highest BCUT2D eigenvalue weighted by molar-refractivity contribution is 9.10. The Kier molecular flexibility index (Phi) is 9.43. The molecule has 0 radical (unpaired) electrons. The number of nitrogens with zero attached hydrogens (tertiary/aromatic N) is 1. The molecule has 8 heteroatoms. The Hall–Kier alpha value is -1.76. The number of aryl methyl sites for hydroxylation is 1. The summed E-state index contributed by atoms with van der Waals surface area (Å²) in [5, 5.41) is 3.80. The molecule has 0 spiro atoms. The maximum Gasteiger partial charge on any atom is 0.261 e. The van der Waals surface area contributed by atoms with Gasteiger partial charge in [-0.1, -0.05) is 52.1 Å². The minimum atomic E-state index is -0.661. The Morgan fingerprint density at radius 2 is 1.81 bits per heavy atom. The van der Waals surface area contributed by atoms with Crippen molar-refractivity contribution in [1.29, 1.82) is 0 Å². The van der Waals surface area contributed by atoms with Gasteiger partial charge in [-0.05, 0) is 75.6 Å². The van der Waals surface area contributed by atoms with Gasteiger partial charge in [0.25, 0.3) is 5.91 Å². The van der Waals surface area contributed by atoms with Crippen LogP contribution in [0.3, 0.4) is 0 Å². The van der Waals surface area contributed by atoms with Crippen LogP contribution in [0.5, 0.6) is 5.75 Å². The number of hydrogen-bond acceptors (Lipinski definition) is 3. The van der Waals surface area contributed by atoms with Crippen molar-refractivity contribution < 1.29 is 14.3 Å². The van der Waals surface area contributed by atoms with Gasteiger partial charge in [0.2, 0.25) is 5.91 Å². The number of rotatable bonds is 8. The van der Waals surface area contributed by atoms with Crippen LogP contribution in [0.1, 0.15) is 45.2 Å². The number of halogens is 3. The topological polar surface area (TPSA) is 58.6 Å². The number of nitrogens with one attached hydrogen (secondary N) is 1. The lowest BCUT2D eigenvalue weighted by atomic mass is 10.1. The van der Waals surface area contributed by atoms with Crippen LogP contribution in [0, 0.1) is 6.92 Å². The van der Waals surface area contributed by atoms with Crippen LogP contribution in [0.25, 0.3) is 0 Å². The van der Waals surface area contributed by atoms with E-state index in [1.807, 2.05) is 46.8 Å². The van der Waals surface area contributed by atoms with Crippen LogP contribution >= 0.6 is 39.1 Å². The molecule has 0 unspecified atom stereocenters. The molecular weight excluding hydrogens is 515 g/mol. The molecule has 2 aromatic rings. The van der Waals surface area contributed by atoms with Crippen molar-refractivity contribution in [2.45, 2.75) is 59.2 Å². The molecule has 0 aliphatic rings. The molecule has 32 heavy (non-hydrogen) atoms. The standard InChI is InChI=1S/C24H29BrCl2N2O3/c1-6-21(23(31)28-24(3,4)5)29(13-16-7-10-19(26)20(27)12-16)22(30)14-32-17-8-9-18(25)15(2)11-17/h7-12,21H,6,13-14H2,1-5H3,(H,28,31)/t21-/m0/s1. The summed E-state index contributed by atoms with van der Waals surface area (Å²) in [6, 6.07) is 10.0. The molecule has 0 aliphatic carbocycles. The average molecular weight is 544 g/mol. The van der Waals surface area contributed by atoms with Crippen molar-refractivity contribution in [3.05, 3.63) is 62.0 Å². The van der Waals surface area contributed by atoms with E-state index in [1.54, 1.807) is 24.3 Å². The van der Waals surface area contributed by atoms with Gasteiger partial charge in [-0.2, -0.15) is 0 Å². The number of ether oxygens (including phenoxy) is 1. The molecule has 174 valence electrons. The van der Waals surface area contributed by atoms with Crippen molar-refractivity contribution in [2.24, 2.45) is 0 Å². The van der Waals surface area contributed by atoms with Gasteiger partial charge in [-0.3, -0.25) is 9.59 Å². The minimum absolute atomic E-state index is 0.193. The van der Waals surface area contributed by atoms with Gasteiger partial charge in [-0.25, -0.2) is 0 Å². The van der Waals surface area contributed by atoms with Gasteiger partial charge in [0.1, 0.15) is 11.8 Å². The first kappa shape index (κ1) is 26.5. The Morgan fingerprint density at radius 3 is 2.38 bits per heavy atom. The van der Waals surface area contributed by atoms with Gasteiger partial charge in [-0.15, -0.1) is 0 Å². The summed E-state index contributed by atoms with van der Waals surface area (Å²) in [5.41, 5.74) is 1.35. The van der Waals surface area contributed by atoms with Crippen LogP contribution in [-0.2, 0) is 16.1 Å². The molecule has 0 bridgehead atoms. The zero-order valence-corrected chi connectivity index (χ0v) is 22.1. The highest BCUT2D eigenvalue weighted by Gasteiger charge is 2.31. The molecule has 5 nitrogen and oxygen atoms in total. The van der Waals surface area contributed by atoms with E-state index < -0.39 is 11.6 Å². The summed E-state index contributed by atoms with van der Waals surface area (Å²) in [6.07, 6.45) is 0.451. The van der Waals surface area contributed by atoms with Crippen LogP contribution in [0.2, 0.25) is 10.0 Å². The highest BCUT2D eigenvalue weighted by Crippen LogP contribution is 2.25. The van der Waals surface area contributed by atoms with Crippen LogP contribution < -0.4 is 10.1 Å². The van der Waals surface area contributed by atoms with E-state index in [1.165, 1.54) is 4.90 Å². The summed E-state index contributed by atoms with van der Waals surface area (Å²) in [6.45, 7) is 9.54. The third-order valence-electron chi connectivity index (χ3n) is 4.71. The molecule has 0 fully saturated rings. The first-order chi connectivity index (χ1) is 14.9. The number of hydrogen-bond donors (Lipinski definition) is 1. The molecule has 0 saturated heterocycles. The second-order valence-corrected chi connectivity index (χ2v) is 10.3. The number of carbonyl (C=O) groups is 2. The summed E-state index contributed by atoms with van der Waals surface area (Å²) in [7, 11) is 0. The molecular formula is C24H29BrCl2N2O3. The summed E-state index contributed by atoms with van der Waals surface area (Å²) in [5.74, 6) is 0.0705. The van der Waals surface area contributed by atoms with Crippen LogP contribution in [0.15, 0.2) is 40.9 Å². The molecule has 1 N–H and O–H groups in total. The second kappa shape index (κ2) is 11.4. The van der Waals surface area contributed by atoms with E-state index in [2.05, 4.69) is 21.2 Å². The summed E-state index contributed by atoms with van der Waals surface area (Å²) in [4.78, 5) is 27.8. The number of carbonyl (C=O) groups excluding carboxylic acids is 2. The Balaban J connectivity index is 2.27. The first-order valence-electron chi connectivity index (χ1n) is 10.4. The van der Waals surface area contributed by atoms with Crippen LogP contribution in [0.4, 0.5) is 0 Å². The van der Waals surface area contributed by atoms with E-state index in [9.17, 15) is 9.59 Å². The number of amides is 2. The Labute approximate surface area is 208 Å². The lowest BCUT2D eigenvalue weighted by Gasteiger charge is -2.33. The molecule has 0 saturated carbocycles. The SMILES string of the molecule is CC[C@@H](C(=O)NC(C)(C)C)N(Cc1ccc(Cl)c(Cl)c1)C(=O)COc1ccc(Br)c(C)c1. The average Bonchev–Trinajstić information content (AvgIpc) is 2.69. The normalized spacial score (nSPS) is 12.2. The Bertz CT molecular complexity index is 976. The van der Waals surface area contributed by atoms with Crippen molar-refractivity contribution in [3.63, 3.8) is 0 Å². The maximum atomic E-state index is 13.2. The lowest BCUT2D eigenvalue weighted by Crippen LogP contribution is -2.54. The van der Waals surface area contributed by atoms with Crippen LogP contribution in [-0.4, -0.2) is 34.9 Å². The van der Waals surface area contributed by atoms with Gasteiger partial charge < -0.3 is 15.0 Å². The van der Waals surface area contributed by atoms with E-state index in [0.717, 1.165) is 15.6 Å². The molecule has 0 aromatic heterocycles. The second-order valence-electron chi connectivity index (χ2n) is 8.63. The fourth-order valence-electron chi connectivity index (χ4n) is 3.14. The summed E-state index contributed by atoms with van der Waals surface area (Å²) < 4.78 is 6.71. The van der Waals surface area contributed by atoms with Gasteiger partial charge in [0.15, 0.2) is 6.61 Å². The fraction of sp³-hybridized carbons (Fsp3) is 0.417. The lowest BCUT2D eigenvalue weighted by molar-refractivity contribution is -0.143. The first-order valence-corrected chi connectivity index (χ1v) is 11.9. The molecule has 2 amide bonds. The molecule has 0 heterocycles. The van der Waals surface area contributed by atoms with E-state index in [-0.39, 0.29) is 25.0 Å². The van der Waals surface area contributed by atoms with Gasteiger partial charge in [0, 0.05) is 16.6 Å². The molecule has 0 aliphatic heterocycles. The predicted molar refractivity (Wildman–Crippen MR) is 133 cm³/mol.